The van der Waals surface area contributed by atoms with Crippen LogP contribution in [-0.4, -0.2) is 5.78 Å². The summed E-state index contributed by atoms with van der Waals surface area (Å²) < 4.78 is 38.7. The first-order valence-corrected chi connectivity index (χ1v) is 6.57. The average molecular weight is 343 g/mol. The van der Waals surface area contributed by atoms with Crippen LogP contribution in [0, 0.1) is 6.92 Å². The van der Waals surface area contributed by atoms with E-state index >= 15 is 0 Å². The van der Waals surface area contributed by atoms with Gasteiger partial charge in [-0.3, -0.25) is 4.79 Å². The van der Waals surface area contributed by atoms with Crippen LogP contribution in [0.5, 0.6) is 0 Å². The fourth-order valence-corrected chi connectivity index (χ4v) is 2.21. The number of carbonyl (C=O) groups excluding carboxylic acids is 1. The molecule has 2 aromatic rings. The molecule has 0 amide bonds. The highest BCUT2D eigenvalue weighted by molar-refractivity contribution is 9.10. The van der Waals surface area contributed by atoms with Crippen molar-refractivity contribution >= 4 is 21.7 Å². The zero-order valence-electron chi connectivity index (χ0n) is 10.5. The van der Waals surface area contributed by atoms with E-state index in [9.17, 15) is 18.0 Å². The third-order valence-corrected chi connectivity index (χ3v) is 3.82. The van der Waals surface area contributed by atoms with E-state index in [1.165, 1.54) is 12.1 Å². The number of benzene rings is 2. The van der Waals surface area contributed by atoms with Gasteiger partial charge in [0.25, 0.3) is 0 Å². The normalized spacial score (nSPS) is 11.4. The molecule has 0 aliphatic heterocycles. The molecule has 104 valence electrons. The number of halogens is 4. The Morgan fingerprint density at radius 2 is 1.75 bits per heavy atom. The Labute approximate surface area is 122 Å². The summed E-state index contributed by atoms with van der Waals surface area (Å²) in [7, 11) is 0. The minimum Gasteiger partial charge on any atom is -0.289 e. The van der Waals surface area contributed by atoms with Gasteiger partial charge in [0.1, 0.15) is 0 Å². The fraction of sp³-hybridized carbons (Fsp3) is 0.133. The molecule has 5 heteroatoms. The molecule has 0 heterocycles. The van der Waals surface area contributed by atoms with E-state index in [0.717, 1.165) is 16.6 Å². The molecule has 1 nitrogen and oxygen atoms in total. The van der Waals surface area contributed by atoms with Crippen LogP contribution >= 0.6 is 15.9 Å². The lowest BCUT2D eigenvalue weighted by molar-refractivity contribution is -0.137. The summed E-state index contributed by atoms with van der Waals surface area (Å²) in [5, 5.41) is 0. The third-order valence-electron chi connectivity index (χ3n) is 2.96. The summed E-state index contributed by atoms with van der Waals surface area (Å²) >= 11 is 3.30. The summed E-state index contributed by atoms with van der Waals surface area (Å²) in [5.74, 6) is -0.421. The van der Waals surface area contributed by atoms with E-state index in [4.69, 9.17) is 0 Å². The van der Waals surface area contributed by atoms with Gasteiger partial charge >= 0.3 is 6.18 Å². The van der Waals surface area contributed by atoms with Crippen molar-refractivity contribution in [1.29, 1.82) is 0 Å². The number of ketones is 1. The molecule has 0 bridgehead atoms. The SMILES string of the molecule is Cc1c(Br)cccc1C(=O)c1cccc(C(F)(F)F)c1. The van der Waals surface area contributed by atoms with E-state index in [2.05, 4.69) is 15.9 Å². The molecular formula is C15H10BrF3O. The Morgan fingerprint density at radius 3 is 2.40 bits per heavy atom. The molecule has 0 atom stereocenters. The van der Waals surface area contributed by atoms with Gasteiger partial charge in [0.2, 0.25) is 0 Å². The number of hydrogen-bond acceptors (Lipinski definition) is 1. The van der Waals surface area contributed by atoms with Crippen LogP contribution in [0.1, 0.15) is 27.0 Å². The lowest BCUT2D eigenvalue weighted by Crippen LogP contribution is -2.09. The molecule has 0 fully saturated rings. The van der Waals surface area contributed by atoms with Crippen LogP contribution in [0.4, 0.5) is 13.2 Å². The van der Waals surface area contributed by atoms with Gasteiger partial charge in [-0.1, -0.05) is 40.2 Å². The van der Waals surface area contributed by atoms with Crippen molar-refractivity contribution in [3.8, 4) is 0 Å². The molecule has 0 saturated heterocycles. The molecule has 2 aromatic carbocycles. The molecule has 2 rings (SSSR count). The maximum absolute atomic E-state index is 12.7. The standard InChI is InChI=1S/C15H10BrF3O/c1-9-12(6-3-7-13(9)16)14(20)10-4-2-5-11(8-10)15(17,18)19/h2-8H,1H3. The van der Waals surface area contributed by atoms with Crippen molar-refractivity contribution < 1.29 is 18.0 Å². The third kappa shape index (κ3) is 2.93. The minimum atomic E-state index is -4.46. The van der Waals surface area contributed by atoms with E-state index in [0.29, 0.717) is 11.1 Å². The van der Waals surface area contributed by atoms with Gasteiger partial charge in [0, 0.05) is 15.6 Å². The van der Waals surface area contributed by atoms with Gasteiger partial charge in [0.15, 0.2) is 5.78 Å². The minimum absolute atomic E-state index is 0.0287. The second-order valence-corrected chi connectivity index (χ2v) is 5.17. The molecule has 0 aromatic heterocycles. The smallest absolute Gasteiger partial charge is 0.289 e. The van der Waals surface area contributed by atoms with Crippen LogP contribution in [0.25, 0.3) is 0 Å². The Balaban J connectivity index is 2.47. The highest BCUT2D eigenvalue weighted by atomic mass is 79.9. The van der Waals surface area contributed by atoms with Gasteiger partial charge in [-0.15, -0.1) is 0 Å². The molecular weight excluding hydrogens is 333 g/mol. The van der Waals surface area contributed by atoms with Crippen LogP contribution in [0.2, 0.25) is 0 Å². The fourth-order valence-electron chi connectivity index (χ4n) is 1.85. The van der Waals surface area contributed by atoms with Crippen LogP contribution in [0.15, 0.2) is 46.9 Å². The first kappa shape index (κ1) is 14.8. The number of rotatable bonds is 2. The molecule has 0 radical (unpaired) electrons. The largest absolute Gasteiger partial charge is 0.416 e. The van der Waals surface area contributed by atoms with Crippen LogP contribution in [0.3, 0.4) is 0 Å². The van der Waals surface area contributed by atoms with Crippen molar-refractivity contribution in [3.05, 3.63) is 69.2 Å². The van der Waals surface area contributed by atoms with Gasteiger partial charge in [-0.05, 0) is 30.7 Å². The first-order valence-electron chi connectivity index (χ1n) is 5.78. The Bertz CT molecular complexity index is 662. The lowest BCUT2D eigenvalue weighted by Gasteiger charge is -2.10. The first-order chi connectivity index (χ1) is 9.30. The molecule has 20 heavy (non-hydrogen) atoms. The summed E-state index contributed by atoms with van der Waals surface area (Å²) in [6, 6.07) is 9.51. The zero-order valence-corrected chi connectivity index (χ0v) is 12.0. The van der Waals surface area contributed by atoms with Crippen molar-refractivity contribution in [3.63, 3.8) is 0 Å². The summed E-state index contributed by atoms with van der Waals surface area (Å²) in [6.07, 6.45) is -4.46. The van der Waals surface area contributed by atoms with Crippen LogP contribution < -0.4 is 0 Å². The predicted molar refractivity (Wildman–Crippen MR) is 73.8 cm³/mol. The molecule has 0 unspecified atom stereocenters. The van der Waals surface area contributed by atoms with Crippen LogP contribution in [-0.2, 0) is 6.18 Å². The second-order valence-electron chi connectivity index (χ2n) is 4.32. The van der Waals surface area contributed by atoms with Gasteiger partial charge in [0.05, 0.1) is 5.56 Å². The van der Waals surface area contributed by atoms with E-state index in [-0.39, 0.29) is 5.56 Å². The van der Waals surface area contributed by atoms with Crippen molar-refractivity contribution in [2.75, 3.05) is 0 Å². The monoisotopic (exact) mass is 342 g/mol. The highest BCUT2D eigenvalue weighted by Crippen LogP contribution is 2.30. The Morgan fingerprint density at radius 1 is 1.10 bits per heavy atom. The van der Waals surface area contributed by atoms with Gasteiger partial charge in [-0.2, -0.15) is 13.2 Å². The van der Waals surface area contributed by atoms with Gasteiger partial charge < -0.3 is 0 Å². The molecule has 0 saturated carbocycles. The predicted octanol–water partition coefficient (Wildman–Crippen LogP) is 5.01. The van der Waals surface area contributed by atoms with E-state index < -0.39 is 17.5 Å². The molecule has 0 aliphatic carbocycles. The highest BCUT2D eigenvalue weighted by Gasteiger charge is 2.31. The van der Waals surface area contributed by atoms with Crippen molar-refractivity contribution in [2.45, 2.75) is 13.1 Å². The van der Waals surface area contributed by atoms with Crippen molar-refractivity contribution in [2.24, 2.45) is 0 Å². The maximum atomic E-state index is 12.7. The maximum Gasteiger partial charge on any atom is 0.416 e. The second kappa shape index (κ2) is 5.40. The summed E-state index contributed by atoms with van der Waals surface area (Å²) in [5.41, 5.74) is 0.297. The lowest BCUT2D eigenvalue weighted by atomic mass is 9.98. The zero-order chi connectivity index (χ0) is 14.9. The van der Waals surface area contributed by atoms with Gasteiger partial charge in [-0.25, -0.2) is 0 Å². The molecule has 0 N–H and O–H groups in total. The number of carbonyl (C=O) groups is 1. The number of hydrogen-bond donors (Lipinski definition) is 0. The summed E-state index contributed by atoms with van der Waals surface area (Å²) in [4.78, 5) is 12.3. The quantitative estimate of drug-likeness (QED) is 0.701. The summed E-state index contributed by atoms with van der Waals surface area (Å²) in [6.45, 7) is 1.74. The van der Waals surface area contributed by atoms with E-state index in [1.54, 1.807) is 25.1 Å². The Hall–Kier alpha value is -1.62. The molecule has 0 spiro atoms. The van der Waals surface area contributed by atoms with E-state index in [1.807, 2.05) is 0 Å². The van der Waals surface area contributed by atoms with Crippen molar-refractivity contribution in [1.82, 2.24) is 0 Å². The Kier molecular flexibility index (Phi) is 3.99. The average Bonchev–Trinajstić information content (AvgIpc) is 2.40. The number of alkyl halides is 3. The topological polar surface area (TPSA) is 17.1 Å². The molecule has 0 aliphatic rings.